The minimum Gasteiger partial charge on any atom is -0.461 e. The largest absolute Gasteiger partial charge is 0.461 e. The minimum atomic E-state index is -0.378. The summed E-state index contributed by atoms with van der Waals surface area (Å²) in [5.74, 6) is -0.378. The lowest BCUT2D eigenvalue weighted by molar-refractivity contribution is 0.0516. The maximum absolute atomic E-state index is 12.0. The van der Waals surface area contributed by atoms with Gasteiger partial charge in [-0.1, -0.05) is 52.2 Å². The summed E-state index contributed by atoms with van der Waals surface area (Å²) in [5, 5.41) is 8.19. The molecule has 5 nitrogen and oxygen atoms in total. The predicted octanol–water partition coefficient (Wildman–Crippen LogP) is 3.33. The van der Waals surface area contributed by atoms with Gasteiger partial charge in [-0.2, -0.15) is 0 Å². The molecule has 0 fully saturated rings. The Balaban J connectivity index is 2.92. The average Bonchev–Trinajstić information content (AvgIpc) is 2.79. The van der Waals surface area contributed by atoms with E-state index >= 15 is 0 Å². The summed E-state index contributed by atoms with van der Waals surface area (Å²) in [6.07, 6.45) is 4.67. The van der Waals surface area contributed by atoms with Crippen molar-refractivity contribution in [1.82, 2.24) is 15.0 Å². The summed E-state index contributed by atoms with van der Waals surface area (Å²) in [6, 6.07) is 0. The fourth-order valence-electron chi connectivity index (χ4n) is 2.24. The number of hydrogen-bond donors (Lipinski definition) is 0. The molecule has 0 amide bonds. The van der Waals surface area contributed by atoms with Crippen LogP contribution in [0.1, 0.15) is 76.5 Å². The number of hydrogen-bond acceptors (Lipinski definition) is 4. The Labute approximate surface area is 121 Å². The first-order valence-electron chi connectivity index (χ1n) is 7.52. The van der Waals surface area contributed by atoms with Gasteiger partial charge in [0.15, 0.2) is 5.69 Å². The molecule has 1 rings (SSSR count). The van der Waals surface area contributed by atoms with E-state index in [1.807, 2.05) is 4.68 Å². The standard InChI is InChI=1S/C15H27N3O2/c1-6-8-9-10-11-18-13(15(3,4)5)12(16-17-18)14(19)20-7-2/h6-11H2,1-5H3. The molecule has 0 aliphatic heterocycles. The van der Waals surface area contributed by atoms with Crippen LogP contribution in [0.3, 0.4) is 0 Å². The number of rotatable bonds is 7. The van der Waals surface area contributed by atoms with E-state index in [0.717, 1.165) is 18.7 Å². The highest BCUT2D eigenvalue weighted by molar-refractivity contribution is 5.88. The summed E-state index contributed by atoms with van der Waals surface area (Å²) in [7, 11) is 0. The molecule has 1 heterocycles. The molecule has 5 heteroatoms. The van der Waals surface area contributed by atoms with Crippen LogP contribution in [0, 0.1) is 0 Å². The molecule has 1 aromatic rings. The molecule has 0 bridgehead atoms. The lowest BCUT2D eigenvalue weighted by Crippen LogP contribution is -2.22. The first-order valence-corrected chi connectivity index (χ1v) is 7.52. The van der Waals surface area contributed by atoms with Crippen LogP contribution in [-0.4, -0.2) is 27.6 Å². The van der Waals surface area contributed by atoms with Crippen LogP contribution >= 0.6 is 0 Å². The molecule has 0 spiro atoms. The monoisotopic (exact) mass is 281 g/mol. The van der Waals surface area contributed by atoms with Crippen molar-refractivity contribution in [1.29, 1.82) is 0 Å². The van der Waals surface area contributed by atoms with Crippen molar-refractivity contribution in [3.05, 3.63) is 11.4 Å². The molecular formula is C15H27N3O2. The predicted molar refractivity (Wildman–Crippen MR) is 78.8 cm³/mol. The summed E-state index contributed by atoms with van der Waals surface area (Å²) < 4.78 is 6.93. The van der Waals surface area contributed by atoms with Gasteiger partial charge in [-0.3, -0.25) is 0 Å². The zero-order chi connectivity index (χ0) is 15.2. The van der Waals surface area contributed by atoms with E-state index in [9.17, 15) is 4.79 Å². The highest BCUT2D eigenvalue weighted by Gasteiger charge is 2.29. The summed E-state index contributed by atoms with van der Waals surface area (Å²) in [6.45, 7) is 11.3. The molecule has 0 atom stereocenters. The SMILES string of the molecule is CCCCCCn1nnc(C(=O)OCC)c1C(C)(C)C. The van der Waals surface area contributed by atoms with E-state index < -0.39 is 0 Å². The van der Waals surface area contributed by atoms with Gasteiger partial charge in [0.2, 0.25) is 0 Å². The molecule has 0 saturated heterocycles. The normalized spacial score (nSPS) is 11.7. The van der Waals surface area contributed by atoms with Crippen molar-refractivity contribution in [3.63, 3.8) is 0 Å². The smallest absolute Gasteiger partial charge is 0.360 e. The van der Waals surface area contributed by atoms with Gasteiger partial charge in [-0.15, -0.1) is 5.10 Å². The molecule has 0 radical (unpaired) electrons. The number of aryl methyl sites for hydroxylation is 1. The molecule has 0 saturated carbocycles. The van der Waals surface area contributed by atoms with Gasteiger partial charge in [0, 0.05) is 12.0 Å². The molecule has 0 aliphatic carbocycles. The number of esters is 1. The van der Waals surface area contributed by atoms with E-state index in [-0.39, 0.29) is 11.4 Å². The summed E-state index contributed by atoms with van der Waals surface area (Å²) in [4.78, 5) is 12.0. The highest BCUT2D eigenvalue weighted by atomic mass is 16.5. The molecule has 114 valence electrons. The first-order chi connectivity index (χ1) is 9.41. The van der Waals surface area contributed by atoms with Crippen molar-refractivity contribution in [3.8, 4) is 0 Å². The maximum atomic E-state index is 12.0. The maximum Gasteiger partial charge on any atom is 0.360 e. The minimum absolute atomic E-state index is 0.184. The number of unbranched alkanes of at least 4 members (excludes halogenated alkanes) is 3. The number of ether oxygens (including phenoxy) is 1. The van der Waals surface area contributed by atoms with Crippen molar-refractivity contribution in [2.24, 2.45) is 0 Å². The van der Waals surface area contributed by atoms with Crippen LogP contribution in [0.5, 0.6) is 0 Å². The van der Waals surface area contributed by atoms with Crippen molar-refractivity contribution >= 4 is 5.97 Å². The van der Waals surface area contributed by atoms with Gasteiger partial charge in [0.25, 0.3) is 0 Å². The number of aromatic nitrogens is 3. The zero-order valence-electron chi connectivity index (χ0n) is 13.4. The lowest BCUT2D eigenvalue weighted by atomic mass is 9.90. The van der Waals surface area contributed by atoms with Crippen LogP contribution in [0.4, 0.5) is 0 Å². The second-order valence-electron chi connectivity index (χ2n) is 6.04. The van der Waals surface area contributed by atoms with Crippen LogP contribution in [-0.2, 0) is 16.7 Å². The van der Waals surface area contributed by atoms with Gasteiger partial charge < -0.3 is 4.74 Å². The molecule has 0 N–H and O–H groups in total. The molecular weight excluding hydrogens is 254 g/mol. The molecule has 0 unspecified atom stereocenters. The van der Waals surface area contributed by atoms with Crippen molar-refractivity contribution in [2.75, 3.05) is 6.61 Å². The van der Waals surface area contributed by atoms with E-state index in [2.05, 4.69) is 38.0 Å². The lowest BCUT2D eigenvalue weighted by Gasteiger charge is -2.20. The van der Waals surface area contributed by atoms with Crippen molar-refractivity contribution < 1.29 is 9.53 Å². The second-order valence-corrected chi connectivity index (χ2v) is 6.04. The molecule has 20 heavy (non-hydrogen) atoms. The van der Waals surface area contributed by atoms with Crippen LogP contribution in [0.25, 0.3) is 0 Å². The third-order valence-electron chi connectivity index (χ3n) is 3.14. The van der Waals surface area contributed by atoms with Crippen LogP contribution < -0.4 is 0 Å². The number of carbonyl (C=O) groups is 1. The summed E-state index contributed by atoms with van der Waals surface area (Å²) in [5.41, 5.74) is 1.04. The van der Waals surface area contributed by atoms with Gasteiger partial charge in [-0.25, -0.2) is 9.48 Å². The fraction of sp³-hybridized carbons (Fsp3) is 0.800. The van der Waals surface area contributed by atoms with E-state index in [1.54, 1.807) is 6.92 Å². The Kier molecular flexibility index (Phi) is 6.17. The third-order valence-corrected chi connectivity index (χ3v) is 3.14. The van der Waals surface area contributed by atoms with E-state index in [1.165, 1.54) is 19.3 Å². The van der Waals surface area contributed by atoms with Gasteiger partial charge in [-0.05, 0) is 13.3 Å². The Hall–Kier alpha value is -1.39. The van der Waals surface area contributed by atoms with Gasteiger partial charge >= 0.3 is 5.97 Å². The Morgan fingerprint density at radius 3 is 2.45 bits per heavy atom. The topological polar surface area (TPSA) is 57.0 Å². The zero-order valence-corrected chi connectivity index (χ0v) is 13.4. The number of carbonyl (C=O) groups excluding carboxylic acids is 1. The summed E-state index contributed by atoms with van der Waals surface area (Å²) >= 11 is 0. The molecule has 0 aliphatic rings. The van der Waals surface area contributed by atoms with E-state index in [0.29, 0.717) is 12.3 Å². The van der Waals surface area contributed by atoms with Crippen LogP contribution in [0.2, 0.25) is 0 Å². The van der Waals surface area contributed by atoms with Gasteiger partial charge in [0.1, 0.15) is 0 Å². The Morgan fingerprint density at radius 2 is 1.90 bits per heavy atom. The highest BCUT2D eigenvalue weighted by Crippen LogP contribution is 2.25. The van der Waals surface area contributed by atoms with E-state index in [4.69, 9.17) is 4.74 Å². The Bertz CT molecular complexity index is 433. The Morgan fingerprint density at radius 1 is 1.20 bits per heavy atom. The van der Waals surface area contributed by atoms with Crippen LogP contribution in [0.15, 0.2) is 0 Å². The van der Waals surface area contributed by atoms with Gasteiger partial charge in [0.05, 0.1) is 12.3 Å². The first kappa shape index (κ1) is 16.7. The molecule has 0 aromatic carbocycles. The third kappa shape index (κ3) is 4.32. The van der Waals surface area contributed by atoms with Crippen molar-refractivity contribution in [2.45, 2.75) is 72.3 Å². The fourth-order valence-corrected chi connectivity index (χ4v) is 2.24. The average molecular weight is 281 g/mol. The quantitative estimate of drug-likeness (QED) is 0.568. The second kappa shape index (κ2) is 7.41. The number of nitrogens with zero attached hydrogens (tertiary/aromatic N) is 3. The molecule has 1 aromatic heterocycles.